The first-order valence-corrected chi connectivity index (χ1v) is 8.23. The van der Waals surface area contributed by atoms with Crippen LogP contribution >= 0.6 is 12.2 Å². The summed E-state index contributed by atoms with van der Waals surface area (Å²) < 4.78 is 0. The van der Waals surface area contributed by atoms with Gasteiger partial charge in [-0.1, -0.05) is 67.6 Å². The van der Waals surface area contributed by atoms with E-state index >= 15 is 0 Å². The van der Waals surface area contributed by atoms with Crippen LogP contribution < -0.4 is 5.32 Å². The fourth-order valence-corrected chi connectivity index (χ4v) is 2.54. The van der Waals surface area contributed by atoms with Crippen molar-refractivity contribution in [1.29, 1.82) is 0 Å². The van der Waals surface area contributed by atoms with Crippen molar-refractivity contribution in [2.45, 2.75) is 39.4 Å². The molecule has 22 heavy (non-hydrogen) atoms. The molecule has 2 rings (SSSR count). The number of hydrogen-bond donors (Lipinski definition) is 1. The number of benzene rings is 2. The molecule has 0 saturated heterocycles. The van der Waals surface area contributed by atoms with Crippen LogP contribution in [0.15, 0.2) is 60.7 Å². The molecule has 0 aromatic heterocycles. The first-order valence-electron chi connectivity index (χ1n) is 7.82. The van der Waals surface area contributed by atoms with E-state index in [0.29, 0.717) is 6.04 Å². The van der Waals surface area contributed by atoms with Crippen molar-refractivity contribution in [2.24, 2.45) is 0 Å². The highest BCUT2D eigenvalue weighted by molar-refractivity contribution is 7.80. The average molecular weight is 312 g/mol. The molecule has 0 radical (unpaired) electrons. The van der Waals surface area contributed by atoms with Crippen LogP contribution in [0.5, 0.6) is 0 Å². The monoisotopic (exact) mass is 312 g/mol. The molecule has 1 unspecified atom stereocenters. The van der Waals surface area contributed by atoms with Gasteiger partial charge in [-0.05, 0) is 36.7 Å². The molecule has 0 aliphatic carbocycles. The van der Waals surface area contributed by atoms with Gasteiger partial charge in [-0.25, -0.2) is 0 Å². The van der Waals surface area contributed by atoms with E-state index in [1.165, 1.54) is 11.1 Å². The van der Waals surface area contributed by atoms with Gasteiger partial charge in [0, 0.05) is 19.1 Å². The van der Waals surface area contributed by atoms with Crippen LogP contribution in [0.3, 0.4) is 0 Å². The van der Waals surface area contributed by atoms with Gasteiger partial charge >= 0.3 is 0 Å². The van der Waals surface area contributed by atoms with Crippen molar-refractivity contribution in [3.05, 3.63) is 71.8 Å². The van der Waals surface area contributed by atoms with Crippen molar-refractivity contribution < 1.29 is 0 Å². The van der Waals surface area contributed by atoms with Crippen LogP contribution in [0, 0.1) is 0 Å². The zero-order valence-electron chi connectivity index (χ0n) is 13.3. The Balaban J connectivity index is 2.11. The second kappa shape index (κ2) is 8.54. The number of nitrogens with one attached hydrogen (secondary N) is 1. The minimum atomic E-state index is 0.390. The summed E-state index contributed by atoms with van der Waals surface area (Å²) in [5, 5.41) is 4.25. The van der Waals surface area contributed by atoms with Crippen LogP contribution in [0.1, 0.15) is 31.4 Å². The maximum Gasteiger partial charge on any atom is 0.169 e. The van der Waals surface area contributed by atoms with E-state index in [2.05, 4.69) is 72.6 Å². The predicted molar refractivity (Wildman–Crippen MR) is 97.6 cm³/mol. The summed E-state index contributed by atoms with van der Waals surface area (Å²) in [4.78, 5) is 2.23. The Morgan fingerprint density at radius 2 is 1.41 bits per heavy atom. The average Bonchev–Trinajstić information content (AvgIpc) is 2.56. The zero-order chi connectivity index (χ0) is 15.8. The molecule has 0 heterocycles. The highest BCUT2D eigenvalue weighted by Gasteiger charge is 2.12. The molecule has 0 saturated carbocycles. The Bertz CT molecular complexity index is 527. The van der Waals surface area contributed by atoms with E-state index in [1.807, 2.05) is 12.1 Å². The quantitative estimate of drug-likeness (QED) is 0.798. The number of nitrogens with zero attached hydrogens (tertiary/aromatic N) is 1. The van der Waals surface area contributed by atoms with Crippen molar-refractivity contribution in [1.82, 2.24) is 10.2 Å². The van der Waals surface area contributed by atoms with Crippen LogP contribution in [0.4, 0.5) is 0 Å². The molecule has 0 bridgehead atoms. The lowest BCUT2D eigenvalue weighted by Crippen LogP contribution is -2.42. The van der Waals surface area contributed by atoms with Gasteiger partial charge in [-0.3, -0.25) is 0 Å². The van der Waals surface area contributed by atoms with Gasteiger partial charge in [0.15, 0.2) is 5.11 Å². The standard InChI is InChI=1S/C19H24N2S/c1-3-16(2)20-19(22)21(14-17-10-6-4-7-11-17)15-18-12-8-5-9-13-18/h4-13,16H,3,14-15H2,1-2H3,(H,20,22). The van der Waals surface area contributed by atoms with E-state index in [9.17, 15) is 0 Å². The minimum absolute atomic E-state index is 0.390. The van der Waals surface area contributed by atoms with E-state index in [1.54, 1.807) is 0 Å². The molecule has 1 N–H and O–H groups in total. The lowest BCUT2D eigenvalue weighted by molar-refractivity contribution is 0.392. The number of hydrogen-bond acceptors (Lipinski definition) is 1. The Hall–Kier alpha value is -1.87. The van der Waals surface area contributed by atoms with Crippen molar-refractivity contribution in [3.63, 3.8) is 0 Å². The molecule has 0 amide bonds. The first-order chi connectivity index (χ1) is 10.7. The van der Waals surface area contributed by atoms with Gasteiger partial charge in [0.1, 0.15) is 0 Å². The third-order valence-electron chi connectivity index (χ3n) is 3.70. The molecular formula is C19H24N2S. The van der Waals surface area contributed by atoms with Crippen LogP contribution in [-0.2, 0) is 13.1 Å². The second-order valence-corrected chi connectivity index (χ2v) is 5.97. The first kappa shape index (κ1) is 16.5. The normalized spacial score (nSPS) is 11.7. The highest BCUT2D eigenvalue weighted by atomic mass is 32.1. The molecule has 3 heteroatoms. The minimum Gasteiger partial charge on any atom is -0.360 e. The summed E-state index contributed by atoms with van der Waals surface area (Å²) in [5.41, 5.74) is 2.54. The summed E-state index contributed by atoms with van der Waals surface area (Å²) >= 11 is 5.63. The van der Waals surface area contributed by atoms with Gasteiger partial charge in [0.05, 0.1) is 0 Å². The smallest absolute Gasteiger partial charge is 0.169 e. The van der Waals surface area contributed by atoms with E-state index in [4.69, 9.17) is 12.2 Å². The summed E-state index contributed by atoms with van der Waals surface area (Å²) in [6.07, 6.45) is 1.06. The van der Waals surface area contributed by atoms with Crippen molar-refractivity contribution in [3.8, 4) is 0 Å². The fourth-order valence-electron chi connectivity index (χ4n) is 2.21. The maximum atomic E-state index is 5.63. The predicted octanol–water partition coefficient (Wildman–Crippen LogP) is 4.36. The lowest BCUT2D eigenvalue weighted by Gasteiger charge is -2.28. The summed E-state index contributed by atoms with van der Waals surface area (Å²) in [7, 11) is 0. The molecular weight excluding hydrogens is 288 g/mol. The molecule has 1 atom stereocenters. The molecule has 2 nitrogen and oxygen atoms in total. The van der Waals surface area contributed by atoms with Crippen LogP contribution in [0.2, 0.25) is 0 Å². The Labute approximate surface area is 139 Å². The third kappa shape index (κ3) is 5.15. The van der Waals surface area contributed by atoms with Crippen molar-refractivity contribution in [2.75, 3.05) is 0 Å². The second-order valence-electron chi connectivity index (χ2n) is 5.59. The number of thiocarbonyl (C=S) groups is 1. The van der Waals surface area contributed by atoms with Gasteiger partial charge in [-0.15, -0.1) is 0 Å². The SMILES string of the molecule is CCC(C)NC(=S)N(Cc1ccccc1)Cc1ccccc1. The Morgan fingerprint density at radius 3 is 1.82 bits per heavy atom. The van der Waals surface area contributed by atoms with E-state index in [-0.39, 0.29) is 0 Å². The number of rotatable bonds is 6. The van der Waals surface area contributed by atoms with E-state index < -0.39 is 0 Å². The van der Waals surface area contributed by atoms with Crippen molar-refractivity contribution >= 4 is 17.3 Å². The van der Waals surface area contributed by atoms with Gasteiger partial charge in [-0.2, -0.15) is 0 Å². The molecule has 0 aliphatic rings. The molecule has 0 fully saturated rings. The van der Waals surface area contributed by atoms with Gasteiger partial charge in [0.2, 0.25) is 0 Å². The molecule has 0 aliphatic heterocycles. The summed E-state index contributed by atoms with van der Waals surface area (Å²) in [6, 6.07) is 21.3. The maximum absolute atomic E-state index is 5.63. The Morgan fingerprint density at radius 1 is 0.955 bits per heavy atom. The fraction of sp³-hybridized carbons (Fsp3) is 0.316. The summed E-state index contributed by atoms with van der Waals surface area (Å²) in [5.74, 6) is 0. The molecule has 116 valence electrons. The van der Waals surface area contributed by atoms with E-state index in [0.717, 1.165) is 24.6 Å². The topological polar surface area (TPSA) is 15.3 Å². The largest absolute Gasteiger partial charge is 0.360 e. The molecule has 2 aromatic carbocycles. The molecule has 2 aromatic rings. The Kier molecular flexibility index (Phi) is 6.41. The summed E-state index contributed by atoms with van der Waals surface area (Å²) in [6.45, 7) is 5.96. The van der Waals surface area contributed by atoms with Gasteiger partial charge < -0.3 is 10.2 Å². The third-order valence-corrected chi connectivity index (χ3v) is 4.08. The lowest BCUT2D eigenvalue weighted by atomic mass is 10.2. The zero-order valence-corrected chi connectivity index (χ0v) is 14.1. The highest BCUT2D eigenvalue weighted by Crippen LogP contribution is 2.11. The van der Waals surface area contributed by atoms with Gasteiger partial charge in [0.25, 0.3) is 0 Å². The molecule has 0 spiro atoms. The van der Waals surface area contributed by atoms with Crippen LogP contribution in [-0.4, -0.2) is 16.1 Å². The van der Waals surface area contributed by atoms with Crippen LogP contribution in [0.25, 0.3) is 0 Å².